The van der Waals surface area contributed by atoms with Crippen LogP contribution in [0.1, 0.15) is 31.7 Å². The molecular formula is C17H25NO3. The van der Waals surface area contributed by atoms with Crippen molar-refractivity contribution in [2.24, 2.45) is 5.92 Å². The molecule has 1 aliphatic heterocycles. The Labute approximate surface area is 126 Å². The Balaban J connectivity index is 1.65. The molecule has 0 spiro atoms. The first-order chi connectivity index (χ1) is 10.2. The van der Waals surface area contributed by atoms with Gasteiger partial charge >= 0.3 is 5.97 Å². The van der Waals surface area contributed by atoms with Crippen molar-refractivity contribution in [2.75, 3.05) is 20.3 Å². The number of hydrogen-bond donors (Lipinski definition) is 1. The minimum atomic E-state index is -0.0296. The maximum atomic E-state index is 12.0. The van der Waals surface area contributed by atoms with Crippen LogP contribution < -0.4 is 10.1 Å². The summed E-state index contributed by atoms with van der Waals surface area (Å²) in [7, 11) is 1.66. The van der Waals surface area contributed by atoms with Crippen LogP contribution in [0.25, 0.3) is 0 Å². The third kappa shape index (κ3) is 5.05. The van der Waals surface area contributed by atoms with E-state index in [0.29, 0.717) is 12.6 Å². The van der Waals surface area contributed by atoms with Crippen molar-refractivity contribution in [3.8, 4) is 5.75 Å². The SMILES string of the molecule is COc1ccc(CCCOC(=O)C2CCNC(C)C2)cc1. The Morgan fingerprint density at radius 1 is 1.33 bits per heavy atom. The number of piperidine rings is 1. The normalized spacial score (nSPS) is 21.8. The summed E-state index contributed by atoms with van der Waals surface area (Å²) < 4.78 is 10.5. The molecule has 0 aromatic heterocycles. The highest BCUT2D eigenvalue weighted by Crippen LogP contribution is 2.18. The molecule has 2 atom stereocenters. The van der Waals surface area contributed by atoms with Gasteiger partial charge in [-0.1, -0.05) is 12.1 Å². The van der Waals surface area contributed by atoms with Crippen LogP contribution in [-0.2, 0) is 16.0 Å². The van der Waals surface area contributed by atoms with Crippen molar-refractivity contribution >= 4 is 5.97 Å². The molecule has 2 unspecified atom stereocenters. The van der Waals surface area contributed by atoms with E-state index in [1.54, 1.807) is 7.11 Å². The topological polar surface area (TPSA) is 47.6 Å². The Kier molecular flexibility index (Phi) is 6.05. The fraction of sp³-hybridized carbons (Fsp3) is 0.588. The third-order valence-corrected chi connectivity index (χ3v) is 3.97. The Morgan fingerprint density at radius 3 is 2.76 bits per heavy atom. The summed E-state index contributed by atoms with van der Waals surface area (Å²) in [6.07, 6.45) is 3.55. The van der Waals surface area contributed by atoms with E-state index in [2.05, 4.69) is 24.4 Å². The molecule has 1 saturated heterocycles. The zero-order valence-electron chi connectivity index (χ0n) is 12.9. The number of esters is 1. The van der Waals surface area contributed by atoms with Gasteiger partial charge in [-0.3, -0.25) is 4.79 Å². The summed E-state index contributed by atoms with van der Waals surface area (Å²) in [4.78, 5) is 12.0. The number of methoxy groups -OCH3 is 1. The first-order valence-electron chi connectivity index (χ1n) is 7.72. The van der Waals surface area contributed by atoms with E-state index in [1.807, 2.05) is 12.1 Å². The summed E-state index contributed by atoms with van der Waals surface area (Å²) in [6.45, 7) is 3.53. The molecule has 1 N–H and O–H groups in total. The summed E-state index contributed by atoms with van der Waals surface area (Å²) in [5.74, 6) is 0.908. The molecule has 0 bridgehead atoms. The lowest BCUT2D eigenvalue weighted by Gasteiger charge is -2.26. The van der Waals surface area contributed by atoms with Gasteiger partial charge in [-0.15, -0.1) is 0 Å². The number of carbonyl (C=O) groups is 1. The molecule has 0 aliphatic carbocycles. The molecule has 4 heteroatoms. The lowest BCUT2D eigenvalue weighted by atomic mass is 9.93. The summed E-state index contributed by atoms with van der Waals surface area (Å²) in [6, 6.07) is 8.43. The fourth-order valence-corrected chi connectivity index (χ4v) is 2.71. The lowest BCUT2D eigenvalue weighted by Crippen LogP contribution is -2.39. The van der Waals surface area contributed by atoms with Gasteiger partial charge in [0.15, 0.2) is 0 Å². The molecule has 1 aliphatic rings. The van der Waals surface area contributed by atoms with Crippen LogP contribution in [0.2, 0.25) is 0 Å². The predicted octanol–water partition coefficient (Wildman–Crippen LogP) is 2.56. The highest BCUT2D eigenvalue weighted by Gasteiger charge is 2.25. The van der Waals surface area contributed by atoms with E-state index in [9.17, 15) is 4.79 Å². The zero-order chi connectivity index (χ0) is 15.1. The third-order valence-electron chi connectivity index (χ3n) is 3.97. The smallest absolute Gasteiger partial charge is 0.309 e. The second kappa shape index (κ2) is 8.03. The quantitative estimate of drug-likeness (QED) is 0.646. The van der Waals surface area contributed by atoms with Crippen LogP contribution >= 0.6 is 0 Å². The van der Waals surface area contributed by atoms with E-state index in [-0.39, 0.29) is 11.9 Å². The largest absolute Gasteiger partial charge is 0.497 e. The number of aryl methyl sites for hydroxylation is 1. The van der Waals surface area contributed by atoms with Gasteiger partial charge in [-0.2, -0.15) is 0 Å². The van der Waals surface area contributed by atoms with Gasteiger partial charge in [0.2, 0.25) is 0 Å². The summed E-state index contributed by atoms with van der Waals surface area (Å²) >= 11 is 0. The number of carbonyl (C=O) groups excluding carboxylic acids is 1. The Bertz CT molecular complexity index is 444. The lowest BCUT2D eigenvalue weighted by molar-refractivity contribution is -0.149. The number of nitrogens with one attached hydrogen (secondary N) is 1. The average Bonchev–Trinajstić information content (AvgIpc) is 2.52. The van der Waals surface area contributed by atoms with Crippen molar-refractivity contribution in [3.05, 3.63) is 29.8 Å². The molecule has 4 nitrogen and oxygen atoms in total. The van der Waals surface area contributed by atoms with Gasteiger partial charge in [-0.25, -0.2) is 0 Å². The van der Waals surface area contributed by atoms with E-state index >= 15 is 0 Å². The summed E-state index contributed by atoms with van der Waals surface area (Å²) in [5, 5.41) is 3.35. The van der Waals surface area contributed by atoms with Crippen LogP contribution in [0.5, 0.6) is 5.75 Å². The molecule has 2 rings (SSSR count). The number of benzene rings is 1. The van der Waals surface area contributed by atoms with Crippen molar-refractivity contribution < 1.29 is 14.3 Å². The summed E-state index contributed by atoms with van der Waals surface area (Å²) in [5.41, 5.74) is 1.24. The van der Waals surface area contributed by atoms with E-state index in [4.69, 9.17) is 9.47 Å². The van der Waals surface area contributed by atoms with Crippen LogP contribution in [0.15, 0.2) is 24.3 Å². The van der Waals surface area contributed by atoms with Gasteiger partial charge in [0.05, 0.1) is 19.6 Å². The minimum absolute atomic E-state index is 0.0296. The number of ether oxygens (including phenoxy) is 2. The number of rotatable bonds is 6. The van der Waals surface area contributed by atoms with Crippen LogP contribution in [-0.4, -0.2) is 32.3 Å². The Hall–Kier alpha value is -1.55. The van der Waals surface area contributed by atoms with Crippen LogP contribution in [0, 0.1) is 5.92 Å². The first kappa shape index (κ1) is 15.8. The number of hydrogen-bond acceptors (Lipinski definition) is 4. The van der Waals surface area contributed by atoms with Gasteiger partial charge in [-0.05, 0) is 56.8 Å². The maximum absolute atomic E-state index is 12.0. The van der Waals surface area contributed by atoms with Gasteiger partial charge in [0.25, 0.3) is 0 Å². The van der Waals surface area contributed by atoms with E-state index in [1.165, 1.54) is 5.56 Å². The molecule has 116 valence electrons. The van der Waals surface area contributed by atoms with Crippen molar-refractivity contribution in [1.82, 2.24) is 5.32 Å². The molecule has 0 amide bonds. The second-order valence-corrected chi connectivity index (χ2v) is 5.70. The first-order valence-corrected chi connectivity index (χ1v) is 7.72. The predicted molar refractivity (Wildman–Crippen MR) is 82.5 cm³/mol. The fourth-order valence-electron chi connectivity index (χ4n) is 2.71. The van der Waals surface area contributed by atoms with E-state index < -0.39 is 0 Å². The molecule has 21 heavy (non-hydrogen) atoms. The zero-order valence-corrected chi connectivity index (χ0v) is 12.9. The average molecular weight is 291 g/mol. The van der Waals surface area contributed by atoms with Crippen molar-refractivity contribution in [3.63, 3.8) is 0 Å². The maximum Gasteiger partial charge on any atom is 0.309 e. The molecule has 1 heterocycles. The minimum Gasteiger partial charge on any atom is -0.497 e. The van der Waals surface area contributed by atoms with Gasteiger partial charge < -0.3 is 14.8 Å². The Morgan fingerprint density at radius 2 is 2.10 bits per heavy atom. The molecular weight excluding hydrogens is 266 g/mol. The second-order valence-electron chi connectivity index (χ2n) is 5.70. The highest BCUT2D eigenvalue weighted by atomic mass is 16.5. The van der Waals surface area contributed by atoms with Gasteiger partial charge in [0, 0.05) is 6.04 Å². The van der Waals surface area contributed by atoms with E-state index in [0.717, 1.165) is 38.0 Å². The van der Waals surface area contributed by atoms with Crippen LogP contribution in [0.4, 0.5) is 0 Å². The molecule has 0 saturated carbocycles. The van der Waals surface area contributed by atoms with Crippen molar-refractivity contribution in [2.45, 2.75) is 38.6 Å². The molecule has 1 aromatic rings. The van der Waals surface area contributed by atoms with Gasteiger partial charge in [0.1, 0.15) is 5.75 Å². The molecule has 0 radical (unpaired) electrons. The molecule has 1 aromatic carbocycles. The van der Waals surface area contributed by atoms with Crippen LogP contribution in [0.3, 0.4) is 0 Å². The van der Waals surface area contributed by atoms with Crippen molar-refractivity contribution in [1.29, 1.82) is 0 Å². The molecule has 1 fully saturated rings. The standard InChI is InChI=1S/C17H25NO3/c1-13-12-15(9-10-18-13)17(19)21-11-3-4-14-5-7-16(20-2)8-6-14/h5-8,13,15,18H,3-4,9-12H2,1-2H3. The highest BCUT2D eigenvalue weighted by molar-refractivity contribution is 5.72. The monoisotopic (exact) mass is 291 g/mol.